The van der Waals surface area contributed by atoms with Crippen LogP contribution in [0.15, 0.2) is 71.3 Å². The van der Waals surface area contributed by atoms with Crippen LogP contribution in [-0.2, 0) is 11.3 Å². The zero-order valence-electron chi connectivity index (χ0n) is 17.1. The second-order valence-corrected chi connectivity index (χ2v) is 6.93. The molecule has 30 heavy (non-hydrogen) atoms. The molecule has 0 radical (unpaired) electrons. The Kier molecular flexibility index (Phi) is 7.24. The summed E-state index contributed by atoms with van der Waals surface area (Å²) in [6.45, 7) is 3.45. The van der Waals surface area contributed by atoms with E-state index < -0.39 is 0 Å². The summed E-state index contributed by atoms with van der Waals surface area (Å²) in [5.41, 5.74) is 1.83. The predicted octanol–water partition coefficient (Wildman–Crippen LogP) is 2.58. The van der Waals surface area contributed by atoms with Crippen molar-refractivity contribution in [3.05, 3.63) is 78.3 Å². The molecule has 0 spiro atoms. The molecule has 1 heterocycles. The zero-order chi connectivity index (χ0) is 21.3. The van der Waals surface area contributed by atoms with Crippen molar-refractivity contribution in [3.63, 3.8) is 0 Å². The van der Waals surface area contributed by atoms with Crippen molar-refractivity contribution in [1.29, 1.82) is 0 Å². The molecule has 7 heteroatoms. The van der Waals surface area contributed by atoms with E-state index in [9.17, 15) is 9.59 Å². The molecule has 0 aliphatic heterocycles. The van der Waals surface area contributed by atoms with Crippen LogP contribution in [0.3, 0.4) is 0 Å². The first-order valence-corrected chi connectivity index (χ1v) is 9.81. The number of hydrogen-bond donors (Lipinski definition) is 3. The molecule has 3 rings (SSSR count). The van der Waals surface area contributed by atoms with Crippen molar-refractivity contribution in [2.24, 2.45) is 0 Å². The van der Waals surface area contributed by atoms with E-state index >= 15 is 0 Å². The second-order valence-electron chi connectivity index (χ2n) is 6.93. The van der Waals surface area contributed by atoms with Gasteiger partial charge in [-0.15, -0.1) is 0 Å². The third kappa shape index (κ3) is 6.22. The first-order valence-electron chi connectivity index (χ1n) is 9.81. The largest absolute Gasteiger partial charge is 0.494 e. The fraction of sp³-hybridized carbons (Fsp3) is 0.217. The van der Waals surface area contributed by atoms with E-state index in [2.05, 4.69) is 10.6 Å². The standard InChI is InChI=1S/C23H25N3O4/c1-3-29-20-12-10-19(11-13-20)25-23(28)17-6-8-18(9-7-17)24-22(27)16-26(2)15-21-5-4-14-30-21/h4-14H,3,15-16H2,1-2H3,(H,24,27)(H,25,28)/p+1. The summed E-state index contributed by atoms with van der Waals surface area (Å²) in [5, 5.41) is 5.69. The van der Waals surface area contributed by atoms with Crippen LogP contribution in [0, 0.1) is 0 Å². The quantitative estimate of drug-likeness (QED) is 0.508. The maximum atomic E-state index is 12.4. The van der Waals surface area contributed by atoms with Gasteiger partial charge in [0.1, 0.15) is 12.3 Å². The summed E-state index contributed by atoms with van der Waals surface area (Å²) in [6.07, 6.45) is 1.62. The number of carbonyl (C=O) groups is 2. The van der Waals surface area contributed by atoms with Crippen molar-refractivity contribution >= 4 is 23.2 Å². The fourth-order valence-electron chi connectivity index (χ4n) is 2.96. The lowest BCUT2D eigenvalue weighted by atomic mass is 10.2. The number of hydrogen-bond acceptors (Lipinski definition) is 4. The lowest BCUT2D eigenvalue weighted by Gasteiger charge is -2.12. The molecule has 1 aromatic heterocycles. The van der Waals surface area contributed by atoms with Gasteiger partial charge in [-0.3, -0.25) is 9.59 Å². The number of amides is 2. The molecule has 2 aromatic carbocycles. The van der Waals surface area contributed by atoms with Gasteiger partial charge in [-0.1, -0.05) is 0 Å². The Balaban J connectivity index is 1.49. The van der Waals surface area contributed by atoms with E-state index in [4.69, 9.17) is 9.15 Å². The van der Waals surface area contributed by atoms with E-state index in [1.54, 1.807) is 42.7 Å². The van der Waals surface area contributed by atoms with Gasteiger partial charge >= 0.3 is 0 Å². The summed E-state index contributed by atoms with van der Waals surface area (Å²) >= 11 is 0. The normalized spacial score (nSPS) is 11.5. The Morgan fingerprint density at radius 3 is 2.27 bits per heavy atom. The first-order chi connectivity index (χ1) is 14.5. The van der Waals surface area contributed by atoms with Crippen molar-refractivity contribution < 1.29 is 23.6 Å². The van der Waals surface area contributed by atoms with Gasteiger partial charge in [0.15, 0.2) is 12.3 Å². The summed E-state index contributed by atoms with van der Waals surface area (Å²) < 4.78 is 10.7. The molecule has 0 bridgehead atoms. The number of carbonyl (C=O) groups excluding carboxylic acids is 2. The first kappa shape index (κ1) is 21.1. The monoisotopic (exact) mass is 408 g/mol. The van der Waals surface area contributed by atoms with Crippen molar-refractivity contribution in [3.8, 4) is 5.75 Å². The molecule has 3 aromatic rings. The third-order valence-electron chi connectivity index (χ3n) is 4.37. The van der Waals surface area contributed by atoms with Gasteiger partial charge < -0.3 is 24.7 Å². The highest BCUT2D eigenvalue weighted by Gasteiger charge is 2.13. The van der Waals surface area contributed by atoms with Crippen molar-refractivity contribution in [1.82, 2.24) is 0 Å². The molecule has 1 atom stereocenters. The second kappa shape index (κ2) is 10.3. The highest BCUT2D eigenvalue weighted by Crippen LogP contribution is 2.17. The fourth-order valence-corrected chi connectivity index (χ4v) is 2.96. The Labute approximate surface area is 175 Å². The summed E-state index contributed by atoms with van der Waals surface area (Å²) in [6, 6.07) is 17.7. The molecular formula is C23H26N3O4+. The van der Waals surface area contributed by atoms with Crippen LogP contribution in [0.4, 0.5) is 11.4 Å². The van der Waals surface area contributed by atoms with Crippen LogP contribution >= 0.6 is 0 Å². The third-order valence-corrected chi connectivity index (χ3v) is 4.37. The molecule has 0 aliphatic carbocycles. The van der Waals surface area contributed by atoms with Gasteiger partial charge in [0, 0.05) is 16.9 Å². The number of benzene rings is 2. The van der Waals surface area contributed by atoms with Crippen LogP contribution in [0.25, 0.3) is 0 Å². The molecule has 7 nitrogen and oxygen atoms in total. The number of furan rings is 1. The van der Waals surface area contributed by atoms with Gasteiger partial charge in [0.25, 0.3) is 11.8 Å². The van der Waals surface area contributed by atoms with Gasteiger partial charge in [-0.2, -0.15) is 0 Å². The number of nitrogens with one attached hydrogen (secondary N) is 3. The Morgan fingerprint density at radius 2 is 1.63 bits per heavy atom. The topological polar surface area (TPSA) is 85.0 Å². The zero-order valence-corrected chi connectivity index (χ0v) is 17.1. The minimum absolute atomic E-state index is 0.106. The smallest absolute Gasteiger partial charge is 0.279 e. The minimum atomic E-state index is -0.223. The maximum Gasteiger partial charge on any atom is 0.279 e. The summed E-state index contributed by atoms with van der Waals surface area (Å²) in [4.78, 5) is 25.7. The average molecular weight is 408 g/mol. The summed E-state index contributed by atoms with van der Waals surface area (Å²) in [7, 11) is 1.93. The highest BCUT2D eigenvalue weighted by molar-refractivity contribution is 6.04. The number of ether oxygens (including phenoxy) is 1. The SMILES string of the molecule is CCOc1ccc(NC(=O)c2ccc(NC(=O)C[NH+](C)Cc3ccco3)cc2)cc1. The number of likely N-dealkylation sites (N-methyl/N-ethyl adjacent to an activating group) is 1. The van der Waals surface area contributed by atoms with E-state index in [0.717, 1.165) is 16.4 Å². The van der Waals surface area contributed by atoms with E-state index in [1.165, 1.54) is 0 Å². The van der Waals surface area contributed by atoms with Crippen molar-refractivity contribution in [2.75, 3.05) is 30.8 Å². The van der Waals surface area contributed by atoms with Crippen LogP contribution in [0.1, 0.15) is 23.0 Å². The van der Waals surface area contributed by atoms with Crippen LogP contribution in [0.5, 0.6) is 5.75 Å². The molecule has 0 aliphatic rings. The van der Waals surface area contributed by atoms with Gasteiger partial charge in [0.2, 0.25) is 0 Å². The minimum Gasteiger partial charge on any atom is -0.494 e. The molecule has 2 amide bonds. The highest BCUT2D eigenvalue weighted by atomic mass is 16.5. The average Bonchev–Trinajstić information content (AvgIpc) is 3.23. The van der Waals surface area contributed by atoms with Crippen LogP contribution in [0.2, 0.25) is 0 Å². The van der Waals surface area contributed by atoms with E-state index in [0.29, 0.717) is 36.6 Å². The molecule has 3 N–H and O–H groups in total. The predicted molar refractivity (Wildman–Crippen MR) is 115 cm³/mol. The molecular weight excluding hydrogens is 382 g/mol. The van der Waals surface area contributed by atoms with E-state index in [1.807, 2.05) is 38.2 Å². The Morgan fingerprint density at radius 1 is 0.967 bits per heavy atom. The van der Waals surface area contributed by atoms with Crippen LogP contribution in [-0.4, -0.2) is 32.0 Å². The maximum absolute atomic E-state index is 12.4. The molecule has 0 saturated carbocycles. The molecule has 1 unspecified atom stereocenters. The molecule has 0 fully saturated rings. The Hall–Kier alpha value is -3.58. The number of quaternary nitrogens is 1. The van der Waals surface area contributed by atoms with Gasteiger partial charge in [-0.25, -0.2) is 0 Å². The van der Waals surface area contributed by atoms with Crippen molar-refractivity contribution in [2.45, 2.75) is 13.5 Å². The lowest BCUT2D eigenvalue weighted by molar-refractivity contribution is -0.886. The number of rotatable bonds is 9. The summed E-state index contributed by atoms with van der Waals surface area (Å²) in [5.74, 6) is 1.26. The van der Waals surface area contributed by atoms with E-state index in [-0.39, 0.29) is 11.8 Å². The molecule has 156 valence electrons. The molecule has 0 saturated heterocycles. The Bertz CT molecular complexity index is 951. The van der Waals surface area contributed by atoms with Crippen LogP contribution < -0.4 is 20.3 Å². The van der Waals surface area contributed by atoms with Gasteiger partial charge in [0.05, 0.1) is 19.9 Å². The number of anilines is 2. The lowest BCUT2D eigenvalue weighted by Crippen LogP contribution is -3.08. The van der Waals surface area contributed by atoms with Gasteiger partial charge in [-0.05, 0) is 67.6 Å².